The van der Waals surface area contributed by atoms with Crippen molar-refractivity contribution >= 4 is 34.0 Å². The van der Waals surface area contributed by atoms with Gasteiger partial charge in [0, 0.05) is 28.7 Å². The van der Waals surface area contributed by atoms with E-state index >= 15 is 0 Å². The molecule has 4 rings (SSSR count). The molecular formula is C24H22N4O2. The van der Waals surface area contributed by atoms with Crippen molar-refractivity contribution in [2.75, 3.05) is 11.9 Å². The van der Waals surface area contributed by atoms with Crippen LogP contribution in [0.3, 0.4) is 0 Å². The predicted molar refractivity (Wildman–Crippen MR) is 121 cm³/mol. The van der Waals surface area contributed by atoms with E-state index in [9.17, 15) is 9.90 Å². The molecule has 6 heteroatoms. The number of carbonyl (C=O) groups excluding carboxylic acids is 1. The Balaban J connectivity index is 1.77. The Kier molecular flexibility index (Phi) is 5.48. The summed E-state index contributed by atoms with van der Waals surface area (Å²) in [6, 6.07) is 24.5. The highest BCUT2D eigenvalue weighted by Gasteiger charge is 2.18. The second kappa shape index (κ2) is 8.53. The highest BCUT2D eigenvalue weighted by molar-refractivity contribution is 6.21. The molecule has 4 N–H and O–H groups in total. The number of anilines is 1. The van der Waals surface area contributed by atoms with E-state index < -0.39 is 0 Å². The van der Waals surface area contributed by atoms with E-state index in [4.69, 9.17) is 4.99 Å². The molecule has 150 valence electrons. The van der Waals surface area contributed by atoms with Gasteiger partial charge < -0.3 is 20.7 Å². The summed E-state index contributed by atoms with van der Waals surface area (Å²) in [6.45, 7) is 2.42. The molecular weight excluding hydrogens is 376 g/mol. The van der Waals surface area contributed by atoms with E-state index in [2.05, 4.69) is 15.6 Å². The summed E-state index contributed by atoms with van der Waals surface area (Å²) in [7, 11) is 0. The first-order valence-electron chi connectivity index (χ1n) is 9.75. The zero-order chi connectivity index (χ0) is 20.9. The van der Waals surface area contributed by atoms with Gasteiger partial charge in [0.2, 0.25) is 0 Å². The van der Waals surface area contributed by atoms with Gasteiger partial charge in [-0.25, -0.2) is 9.79 Å². The van der Waals surface area contributed by atoms with Gasteiger partial charge in [0.05, 0.1) is 17.0 Å². The lowest BCUT2D eigenvalue weighted by atomic mass is 10.0. The first kappa shape index (κ1) is 19.3. The van der Waals surface area contributed by atoms with Crippen molar-refractivity contribution in [3.63, 3.8) is 0 Å². The Labute approximate surface area is 174 Å². The number of hydrogen-bond acceptors (Lipinski definition) is 3. The molecule has 0 unspecified atom stereocenters. The number of rotatable bonds is 5. The number of aliphatic imine (C=N–C) groups is 1. The van der Waals surface area contributed by atoms with E-state index in [0.717, 1.165) is 16.5 Å². The molecule has 0 aliphatic heterocycles. The number of para-hydroxylation sites is 1. The monoisotopic (exact) mass is 398 g/mol. The highest BCUT2D eigenvalue weighted by Crippen LogP contribution is 2.31. The average Bonchev–Trinajstić information content (AvgIpc) is 3.09. The number of carbonyl (C=O) groups is 1. The molecule has 4 aromatic rings. The number of urea groups is 1. The number of benzene rings is 3. The SMILES string of the molecule is CCNC(=O)Nc1ccc(N=C(c2ccccc2)c2c(O)[nH]c3ccccc23)cc1. The molecule has 0 radical (unpaired) electrons. The molecule has 30 heavy (non-hydrogen) atoms. The summed E-state index contributed by atoms with van der Waals surface area (Å²) in [5.41, 5.74) is 4.43. The number of aromatic hydroxyl groups is 1. The Morgan fingerprint density at radius 3 is 2.40 bits per heavy atom. The predicted octanol–water partition coefficient (Wildman–Crippen LogP) is 5.18. The van der Waals surface area contributed by atoms with Crippen molar-refractivity contribution < 1.29 is 9.90 Å². The first-order valence-corrected chi connectivity index (χ1v) is 9.75. The van der Waals surface area contributed by atoms with E-state index in [1.165, 1.54) is 0 Å². The van der Waals surface area contributed by atoms with E-state index in [-0.39, 0.29) is 11.9 Å². The van der Waals surface area contributed by atoms with Crippen molar-refractivity contribution in [2.24, 2.45) is 4.99 Å². The summed E-state index contributed by atoms with van der Waals surface area (Å²) in [5.74, 6) is 0.0772. The summed E-state index contributed by atoms with van der Waals surface area (Å²) >= 11 is 0. The Morgan fingerprint density at radius 1 is 0.967 bits per heavy atom. The van der Waals surface area contributed by atoms with Crippen LogP contribution in [0.15, 0.2) is 83.9 Å². The molecule has 0 spiro atoms. The zero-order valence-electron chi connectivity index (χ0n) is 16.5. The quantitative estimate of drug-likeness (QED) is 0.349. The molecule has 1 aromatic heterocycles. The standard InChI is InChI=1S/C24H22N4O2/c1-2-25-24(30)27-18-14-12-17(13-15-18)26-22(16-8-4-3-5-9-16)21-19-10-6-7-11-20(19)28-23(21)29/h3-15,28-29H,2H2,1H3,(H2,25,27,30). The zero-order valence-corrected chi connectivity index (χ0v) is 16.5. The summed E-state index contributed by atoms with van der Waals surface area (Å²) in [5, 5.41) is 17.0. The van der Waals surface area contributed by atoms with E-state index in [1.807, 2.05) is 73.7 Å². The maximum Gasteiger partial charge on any atom is 0.319 e. The van der Waals surface area contributed by atoms with Crippen LogP contribution in [0.2, 0.25) is 0 Å². The number of hydrogen-bond donors (Lipinski definition) is 4. The molecule has 3 aromatic carbocycles. The third-order valence-electron chi connectivity index (χ3n) is 4.67. The van der Waals surface area contributed by atoms with Gasteiger partial charge in [-0.3, -0.25) is 0 Å². The van der Waals surface area contributed by atoms with Crippen LogP contribution >= 0.6 is 0 Å². The van der Waals surface area contributed by atoms with Gasteiger partial charge in [-0.1, -0.05) is 48.5 Å². The molecule has 6 nitrogen and oxygen atoms in total. The first-order chi connectivity index (χ1) is 14.7. The van der Waals surface area contributed by atoms with E-state index in [1.54, 1.807) is 12.1 Å². The Morgan fingerprint density at radius 2 is 1.67 bits per heavy atom. The number of nitrogens with zero attached hydrogens (tertiary/aromatic N) is 1. The third-order valence-corrected chi connectivity index (χ3v) is 4.67. The molecule has 0 saturated heterocycles. The normalized spacial score (nSPS) is 11.4. The molecule has 0 aliphatic carbocycles. The second-order valence-electron chi connectivity index (χ2n) is 6.75. The lowest BCUT2D eigenvalue weighted by Gasteiger charge is -2.09. The van der Waals surface area contributed by atoms with Crippen molar-refractivity contribution in [3.8, 4) is 5.88 Å². The van der Waals surface area contributed by atoms with Gasteiger partial charge in [-0.15, -0.1) is 0 Å². The smallest absolute Gasteiger partial charge is 0.319 e. The number of fused-ring (bicyclic) bond motifs is 1. The molecule has 0 saturated carbocycles. The van der Waals surface area contributed by atoms with E-state index in [0.29, 0.717) is 29.2 Å². The number of aromatic nitrogens is 1. The lowest BCUT2D eigenvalue weighted by Crippen LogP contribution is -2.28. The minimum atomic E-state index is -0.248. The topological polar surface area (TPSA) is 89.5 Å². The molecule has 2 amide bonds. The minimum Gasteiger partial charge on any atom is -0.494 e. The van der Waals surface area contributed by atoms with Crippen LogP contribution in [-0.4, -0.2) is 28.4 Å². The number of amides is 2. The molecule has 0 fully saturated rings. The van der Waals surface area contributed by atoms with Gasteiger partial charge >= 0.3 is 6.03 Å². The van der Waals surface area contributed by atoms with Crippen molar-refractivity contribution in [3.05, 3.63) is 90.0 Å². The largest absolute Gasteiger partial charge is 0.494 e. The fraction of sp³-hybridized carbons (Fsp3) is 0.0833. The summed E-state index contributed by atoms with van der Waals surface area (Å²) in [6.07, 6.45) is 0. The molecule has 0 atom stereocenters. The van der Waals surface area contributed by atoms with Crippen LogP contribution in [0.5, 0.6) is 5.88 Å². The average molecular weight is 398 g/mol. The Hall–Kier alpha value is -4.06. The van der Waals surface area contributed by atoms with Gasteiger partial charge in [0.15, 0.2) is 5.88 Å². The maximum absolute atomic E-state index is 11.7. The van der Waals surface area contributed by atoms with Crippen LogP contribution in [-0.2, 0) is 0 Å². The Bertz CT molecular complexity index is 1200. The highest BCUT2D eigenvalue weighted by atomic mass is 16.3. The molecule has 0 bridgehead atoms. The molecule has 0 aliphatic rings. The van der Waals surface area contributed by atoms with Crippen LogP contribution in [0.25, 0.3) is 10.9 Å². The summed E-state index contributed by atoms with van der Waals surface area (Å²) in [4.78, 5) is 19.6. The lowest BCUT2D eigenvalue weighted by molar-refractivity contribution is 0.252. The minimum absolute atomic E-state index is 0.0772. The van der Waals surface area contributed by atoms with Crippen LogP contribution in [0, 0.1) is 0 Å². The van der Waals surface area contributed by atoms with Crippen LogP contribution in [0.1, 0.15) is 18.1 Å². The fourth-order valence-corrected chi connectivity index (χ4v) is 3.31. The van der Waals surface area contributed by atoms with Crippen molar-refractivity contribution in [1.82, 2.24) is 10.3 Å². The van der Waals surface area contributed by atoms with Gasteiger partial charge in [0.25, 0.3) is 0 Å². The number of nitrogens with one attached hydrogen (secondary N) is 3. The molecule has 1 heterocycles. The van der Waals surface area contributed by atoms with Crippen LogP contribution in [0.4, 0.5) is 16.2 Å². The van der Waals surface area contributed by atoms with Crippen molar-refractivity contribution in [2.45, 2.75) is 6.92 Å². The second-order valence-corrected chi connectivity index (χ2v) is 6.75. The third kappa shape index (κ3) is 4.03. The maximum atomic E-state index is 11.7. The van der Waals surface area contributed by atoms with Gasteiger partial charge in [0.1, 0.15) is 0 Å². The summed E-state index contributed by atoms with van der Waals surface area (Å²) < 4.78 is 0. The number of H-pyrrole nitrogens is 1. The number of aromatic amines is 1. The van der Waals surface area contributed by atoms with Gasteiger partial charge in [-0.05, 0) is 37.3 Å². The fourth-order valence-electron chi connectivity index (χ4n) is 3.31. The van der Waals surface area contributed by atoms with Gasteiger partial charge in [-0.2, -0.15) is 0 Å². The van der Waals surface area contributed by atoms with Crippen molar-refractivity contribution in [1.29, 1.82) is 0 Å². The van der Waals surface area contributed by atoms with Crippen LogP contribution < -0.4 is 10.6 Å².